The van der Waals surface area contributed by atoms with Gasteiger partial charge in [-0.15, -0.1) is 10.2 Å². The lowest BCUT2D eigenvalue weighted by Crippen LogP contribution is -2.22. The topological polar surface area (TPSA) is 52.3 Å². The van der Waals surface area contributed by atoms with Crippen molar-refractivity contribution >= 4 is 17.5 Å². The Balaban J connectivity index is 1.54. The molecule has 1 unspecified atom stereocenters. The molecule has 0 radical (unpaired) electrons. The van der Waals surface area contributed by atoms with E-state index in [0.29, 0.717) is 11.9 Å². The Morgan fingerprint density at radius 2 is 2.05 bits per heavy atom. The molecule has 1 aromatic carbocycles. The lowest BCUT2D eigenvalue weighted by Gasteiger charge is -2.20. The number of nitrogens with zero attached hydrogens (tertiary/aromatic N) is 4. The highest BCUT2D eigenvalue weighted by atomic mass is 32.2. The number of para-hydroxylation sites is 1. The van der Waals surface area contributed by atoms with Crippen LogP contribution in [0.1, 0.15) is 37.9 Å². The van der Waals surface area contributed by atoms with E-state index < -0.39 is 0 Å². The molecule has 1 atom stereocenters. The minimum Gasteiger partial charge on any atom is -0.486 e. The molecule has 2 aliphatic rings. The molecule has 0 N–H and O–H groups in total. The van der Waals surface area contributed by atoms with E-state index >= 15 is 0 Å². The van der Waals surface area contributed by atoms with Crippen LogP contribution in [0.2, 0.25) is 0 Å². The summed E-state index contributed by atoms with van der Waals surface area (Å²) in [4.78, 5) is 0. The molecule has 114 valence electrons. The van der Waals surface area contributed by atoms with Crippen LogP contribution in [-0.2, 0) is 6.61 Å². The van der Waals surface area contributed by atoms with Crippen molar-refractivity contribution in [2.75, 3.05) is 0 Å². The Morgan fingerprint density at radius 3 is 2.95 bits per heavy atom. The number of hydrogen-bond acceptors (Lipinski definition) is 5. The summed E-state index contributed by atoms with van der Waals surface area (Å²) < 4.78 is 7.64. The van der Waals surface area contributed by atoms with Crippen molar-refractivity contribution in [2.45, 2.75) is 49.1 Å². The minimum atomic E-state index is 0.388. The van der Waals surface area contributed by atoms with Crippen LogP contribution in [0.25, 0.3) is 0 Å². The number of benzene rings is 1. The Morgan fingerprint density at radius 1 is 1.14 bits per heavy atom. The molecule has 0 spiro atoms. The SMILES string of the molecule is c1ccc(OCc2nnc3n2N=C2CCCCCC2S3)cc1. The highest BCUT2D eigenvalue weighted by molar-refractivity contribution is 8.00. The van der Waals surface area contributed by atoms with Gasteiger partial charge in [-0.1, -0.05) is 42.8 Å². The number of thioether (sulfide) groups is 1. The molecule has 0 amide bonds. The minimum absolute atomic E-state index is 0.388. The number of aromatic nitrogens is 3. The Kier molecular flexibility index (Phi) is 3.84. The zero-order valence-electron chi connectivity index (χ0n) is 12.3. The van der Waals surface area contributed by atoms with Crippen molar-refractivity contribution in [3.63, 3.8) is 0 Å². The van der Waals surface area contributed by atoms with Crippen LogP contribution in [0.4, 0.5) is 0 Å². The van der Waals surface area contributed by atoms with Crippen LogP contribution >= 0.6 is 11.8 Å². The molecule has 4 rings (SSSR count). The van der Waals surface area contributed by atoms with Crippen molar-refractivity contribution in [2.24, 2.45) is 5.10 Å². The standard InChI is InChI=1S/C16H18N4OS/c1-3-7-12(8-4-1)21-11-15-17-18-16-20(15)19-13-9-5-2-6-10-14(13)22-16/h1,3-4,7-8,14H,2,5-6,9-11H2. The van der Waals surface area contributed by atoms with Crippen molar-refractivity contribution in [1.82, 2.24) is 14.9 Å². The van der Waals surface area contributed by atoms with E-state index in [4.69, 9.17) is 9.84 Å². The Labute approximate surface area is 133 Å². The molecular formula is C16H18N4OS. The third-order valence-corrected chi connectivity index (χ3v) is 5.29. The Hall–Kier alpha value is -1.82. The summed E-state index contributed by atoms with van der Waals surface area (Å²) in [6.07, 6.45) is 6.12. The molecule has 5 nitrogen and oxygen atoms in total. The molecule has 1 saturated carbocycles. The van der Waals surface area contributed by atoms with Crippen LogP contribution < -0.4 is 4.74 Å². The molecule has 1 aliphatic carbocycles. The van der Waals surface area contributed by atoms with Gasteiger partial charge in [0, 0.05) is 0 Å². The van der Waals surface area contributed by atoms with Crippen LogP contribution in [0.15, 0.2) is 40.6 Å². The van der Waals surface area contributed by atoms with Gasteiger partial charge in [0.05, 0.1) is 11.0 Å². The van der Waals surface area contributed by atoms with Gasteiger partial charge in [0.1, 0.15) is 12.4 Å². The van der Waals surface area contributed by atoms with E-state index in [1.54, 1.807) is 11.8 Å². The molecule has 0 bridgehead atoms. The van der Waals surface area contributed by atoms with Gasteiger partial charge < -0.3 is 4.74 Å². The highest BCUT2D eigenvalue weighted by Crippen LogP contribution is 2.34. The molecule has 1 fully saturated rings. The van der Waals surface area contributed by atoms with Crippen molar-refractivity contribution in [3.8, 4) is 5.75 Å². The molecule has 2 heterocycles. The number of fused-ring (bicyclic) bond motifs is 2. The van der Waals surface area contributed by atoms with Crippen LogP contribution in [-0.4, -0.2) is 25.8 Å². The maximum atomic E-state index is 5.78. The maximum absolute atomic E-state index is 5.78. The lowest BCUT2D eigenvalue weighted by molar-refractivity contribution is 0.289. The summed E-state index contributed by atoms with van der Waals surface area (Å²) in [6, 6.07) is 9.77. The van der Waals surface area contributed by atoms with Gasteiger partial charge in [0.2, 0.25) is 5.16 Å². The van der Waals surface area contributed by atoms with E-state index in [2.05, 4.69) is 10.2 Å². The monoisotopic (exact) mass is 314 g/mol. The van der Waals surface area contributed by atoms with Gasteiger partial charge in [-0.2, -0.15) is 9.78 Å². The highest BCUT2D eigenvalue weighted by Gasteiger charge is 2.28. The van der Waals surface area contributed by atoms with E-state index in [-0.39, 0.29) is 0 Å². The first-order valence-corrected chi connectivity index (χ1v) is 8.65. The van der Waals surface area contributed by atoms with Crippen molar-refractivity contribution < 1.29 is 4.74 Å². The third kappa shape index (κ3) is 2.75. The zero-order valence-corrected chi connectivity index (χ0v) is 13.1. The second-order valence-corrected chi connectivity index (χ2v) is 6.78. The first-order valence-electron chi connectivity index (χ1n) is 7.77. The maximum Gasteiger partial charge on any atom is 0.212 e. The molecular weight excluding hydrogens is 296 g/mol. The van der Waals surface area contributed by atoms with E-state index in [1.165, 1.54) is 31.4 Å². The summed E-state index contributed by atoms with van der Waals surface area (Å²) in [7, 11) is 0. The van der Waals surface area contributed by atoms with Crippen LogP contribution in [0, 0.1) is 0 Å². The predicted molar refractivity (Wildman–Crippen MR) is 86.4 cm³/mol. The van der Waals surface area contributed by atoms with Gasteiger partial charge in [0.15, 0.2) is 5.82 Å². The van der Waals surface area contributed by atoms with Gasteiger partial charge in [-0.05, 0) is 31.4 Å². The lowest BCUT2D eigenvalue weighted by atomic mass is 10.2. The molecule has 2 aromatic rings. The first-order chi connectivity index (χ1) is 10.9. The molecule has 6 heteroatoms. The summed E-state index contributed by atoms with van der Waals surface area (Å²) >= 11 is 1.80. The summed E-state index contributed by atoms with van der Waals surface area (Å²) in [5.74, 6) is 1.60. The van der Waals surface area contributed by atoms with E-state index in [9.17, 15) is 0 Å². The van der Waals surface area contributed by atoms with Crippen molar-refractivity contribution in [1.29, 1.82) is 0 Å². The predicted octanol–water partition coefficient (Wildman–Crippen LogP) is 3.50. The summed E-state index contributed by atoms with van der Waals surface area (Å²) in [5.41, 5.74) is 1.29. The quantitative estimate of drug-likeness (QED) is 0.870. The fraction of sp³-hybridized carbons (Fsp3) is 0.438. The molecule has 22 heavy (non-hydrogen) atoms. The zero-order chi connectivity index (χ0) is 14.8. The fourth-order valence-corrected chi connectivity index (χ4v) is 4.04. The third-order valence-electron chi connectivity index (χ3n) is 4.03. The molecule has 1 aliphatic heterocycles. The smallest absolute Gasteiger partial charge is 0.212 e. The van der Waals surface area contributed by atoms with Crippen LogP contribution in [0.5, 0.6) is 5.75 Å². The molecule has 1 aromatic heterocycles. The fourth-order valence-electron chi connectivity index (χ4n) is 2.86. The van der Waals surface area contributed by atoms with E-state index in [1.807, 2.05) is 35.0 Å². The second kappa shape index (κ2) is 6.12. The average molecular weight is 314 g/mol. The van der Waals surface area contributed by atoms with Crippen LogP contribution in [0.3, 0.4) is 0 Å². The van der Waals surface area contributed by atoms with E-state index in [0.717, 1.165) is 23.2 Å². The average Bonchev–Trinajstić information content (AvgIpc) is 2.80. The normalized spacial score (nSPS) is 20.5. The van der Waals surface area contributed by atoms with Crippen molar-refractivity contribution in [3.05, 3.63) is 36.2 Å². The Bertz CT molecular complexity index is 683. The number of rotatable bonds is 3. The summed E-state index contributed by atoms with van der Waals surface area (Å²) in [6.45, 7) is 0.388. The largest absolute Gasteiger partial charge is 0.486 e. The summed E-state index contributed by atoms with van der Waals surface area (Å²) in [5, 5.41) is 14.7. The van der Waals surface area contributed by atoms with Gasteiger partial charge >= 0.3 is 0 Å². The van der Waals surface area contributed by atoms with Gasteiger partial charge in [-0.3, -0.25) is 0 Å². The van der Waals surface area contributed by atoms with Gasteiger partial charge in [0.25, 0.3) is 0 Å². The number of ether oxygens (including phenoxy) is 1. The number of hydrogen-bond donors (Lipinski definition) is 0. The molecule has 0 saturated heterocycles. The van der Waals surface area contributed by atoms with Gasteiger partial charge in [-0.25, -0.2) is 0 Å². The first kappa shape index (κ1) is 13.8. The second-order valence-electron chi connectivity index (χ2n) is 5.61.